The summed E-state index contributed by atoms with van der Waals surface area (Å²) in [5.74, 6) is 0.0933. The van der Waals surface area contributed by atoms with Gasteiger partial charge in [-0.25, -0.2) is 9.78 Å². The second-order valence-electron chi connectivity index (χ2n) is 11.2. The van der Waals surface area contributed by atoms with E-state index in [1.54, 1.807) is 24.1 Å². The minimum atomic E-state index is -4.51. The van der Waals surface area contributed by atoms with Crippen molar-refractivity contribution in [2.75, 3.05) is 31.1 Å². The number of nitrogens with zero attached hydrogens (tertiary/aromatic N) is 7. The number of rotatable bonds is 6. The lowest BCUT2D eigenvalue weighted by molar-refractivity contribution is -0.138. The number of alkyl halides is 3. The predicted octanol–water partition coefficient (Wildman–Crippen LogP) is 3.23. The SMILES string of the molecule is CC[C@H]1CN(C(C(=O)N2CC[C@@H](O)C2)c2ccc(C(F)(F)F)cc2)[C@H](CC)CN1c1nc(=O)n(C)c2ccc(C#N)nc12. The fraction of sp³-hybridized carbons (Fsp3) is 0.500. The van der Waals surface area contributed by atoms with Crippen molar-refractivity contribution in [3.63, 3.8) is 0 Å². The van der Waals surface area contributed by atoms with Crippen molar-refractivity contribution in [1.82, 2.24) is 24.3 Å². The summed E-state index contributed by atoms with van der Waals surface area (Å²) < 4.78 is 41.5. The highest BCUT2D eigenvalue weighted by Crippen LogP contribution is 2.36. The number of aromatic nitrogens is 3. The van der Waals surface area contributed by atoms with Crippen LogP contribution in [0.25, 0.3) is 11.0 Å². The average Bonchev–Trinajstić information content (AvgIpc) is 3.44. The Balaban J connectivity index is 1.57. The van der Waals surface area contributed by atoms with Crippen molar-refractivity contribution >= 4 is 22.8 Å². The van der Waals surface area contributed by atoms with E-state index in [9.17, 15) is 33.1 Å². The minimum Gasteiger partial charge on any atom is -0.391 e. The number of nitriles is 1. The van der Waals surface area contributed by atoms with Gasteiger partial charge in [0.1, 0.15) is 23.3 Å². The first kappa shape index (κ1) is 30.4. The van der Waals surface area contributed by atoms with Crippen molar-refractivity contribution in [2.24, 2.45) is 7.05 Å². The fourth-order valence-corrected chi connectivity index (χ4v) is 6.18. The van der Waals surface area contributed by atoms with Gasteiger partial charge in [0.25, 0.3) is 0 Å². The molecule has 2 aliphatic rings. The van der Waals surface area contributed by atoms with Gasteiger partial charge in [0, 0.05) is 45.3 Å². The third kappa shape index (κ3) is 5.81. The van der Waals surface area contributed by atoms with E-state index in [2.05, 4.69) is 9.97 Å². The third-order valence-electron chi connectivity index (χ3n) is 8.60. The molecule has 5 rings (SSSR count). The zero-order valence-electron chi connectivity index (χ0n) is 24.3. The molecule has 0 aliphatic carbocycles. The molecule has 13 heteroatoms. The van der Waals surface area contributed by atoms with Crippen LogP contribution < -0.4 is 10.6 Å². The number of fused-ring (bicyclic) bond motifs is 1. The quantitative estimate of drug-likeness (QED) is 0.460. The highest BCUT2D eigenvalue weighted by atomic mass is 19.4. The second-order valence-corrected chi connectivity index (χ2v) is 11.2. The molecular weight excluding hydrogens is 563 g/mol. The summed E-state index contributed by atoms with van der Waals surface area (Å²) in [6, 6.07) is 8.64. The first-order valence-corrected chi connectivity index (χ1v) is 14.4. The van der Waals surface area contributed by atoms with E-state index >= 15 is 0 Å². The van der Waals surface area contributed by atoms with Crippen molar-refractivity contribution in [3.05, 3.63) is 63.7 Å². The molecule has 10 nitrogen and oxygen atoms in total. The largest absolute Gasteiger partial charge is 0.416 e. The van der Waals surface area contributed by atoms with Gasteiger partial charge in [-0.05, 0) is 49.1 Å². The van der Waals surface area contributed by atoms with Gasteiger partial charge < -0.3 is 14.9 Å². The van der Waals surface area contributed by atoms with E-state index in [-0.39, 0.29) is 30.2 Å². The molecule has 1 aromatic carbocycles. The summed E-state index contributed by atoms with van der Waals surface area (Å²) in [6.07, 6.45) is -3.51. The van der Waals surface area contributed by atoms with E-state index in [1.807, 2.05) is 29.7 Å². The van der Waals surface area contributed by atoms with Crippen LogP contribution in [0.1, 0.15) is 56.0 Å². The number of aliphatic hydroxyl groups excluding tert-OH is 1. The number of anilines is 1. The van der Waals surface area contributed by atoms with Crippen LogP contribution in [0, 0.1) is 11.3 Å². The topological polar surface area (TPSA) is 119 Å². The van der Waals surface area contributed by atoms with Crippen LogP contribution in [0.2, 0.25) is 0 Å². The molecule has 1 amide bonds. The number of halogens is 3. The summed E-state index contributed by atoms with van der Waals surface area (Å²) in [5.41, 5.74) is 0.321. The van der Waals surface area contributed by atoms with Gasteiger partial charge in [0.2, 0.25) is 5.91 Å². The second kappa shape index (κ2) is 11.9. The number of hydrogen-bond acceptors (Lipinski definition) is 8. The lowest BCUT2D eigenvalue weighted by Crippen LogP contribution is -2.61. The summed E-state index contributed by atoms with van der Waals surface area (Å²) in [5, 5.41) is 19.6. The number of β-amino-alcohol motifs (C(OH)–C–C–N with tert-alkyl or cyclic N) is 1. The summed E-state index contributed by atoms with van der Waals surface area (Å²) in [6.45, 7) is 5.21. The van der Waals surface area contributed by atoms with E-state index < -0.39 is 29.6 Å². The number of carbonyl (C=O) groups is 1. The average molecular weight is 598 g/mol. The van der Waals surface area contributed by atoms with E-state index in [4.69, 9.17) is 0 Å². The fourth-order valence-electron chi connectivity index (χ4n) is 6.18. The molecular formula is C30H34F3N7O3. The van der Waals surface area contributed by atoms with Crippen molar-refractivity contribution in [1.29, 1.82) is 5.26 Å². The van der Waals surface area contributed by atoms with E-state index in [0.29, 0.717) is 61.3 Å². The molecule has 3 aromatic rings. The number of carbonyl (C=O) groups excluding carboxylic acids is 1. The number of aryl methyl sites for hydroxylation is 1. The van der Waals surface area contributed by atoms with Gasteiger partial charge >= 0.3 is 11.9 Å². The van der Waals surface area contributed by atoms with Gasteiger partial charge in [-0.3, -0.25) is 14.3 Å². The van der Waals surface area contributed by atoms with Gasteiger partial charge in [0.15, 0.2) is 5.82 Å². The molecule has 1 N–H and O–H groups in total. The minimum absolute atomic E-state index is 0.167. The van der Waals surface area contributed by atoms with Crippen LogP contribution in [0.5, 0.6) is 0 Å². The highest BCUT2D eigenvalue weighted by Gasteiger charge is 2.43. The summed E-state index contributed by atoms with van der Waals surface area (Å²) >= 11 is 0. The van der Waals surface area contributed by atoms with Crippen molar-refractivity contribution < 1.29 is 23.1 Å². The first-order valence-electron chi connectivity index (χ1n) is 14.4. The number of likely N-dealkylation sites (tertiary alicyclic amines) is 1. The molecule has 2 aliphatic heterocycles. The Morgan fingerprint density at radius 1 is 1.07 bits per heavy atom. The zero-order chi connectivity index (χ0) is 31.1. The Morgan fingerprint density at radius 3 is 2.35 bits per heavy atom. The molecule has 228 valence electrons. The first-order chi connectivity index (χ1) is 20.5. The molecule has 0 saturated carbocycles. The number of piperazine rings is 1. The van der Waals surface area contributed by atoms with Gasteiger partial charge in [0.05, 0.1) is 17.2 Å². The van der Waals surface area contributed by atoms with Crippen LogP contribution in [0.15, 0.2) is 41.2 Å². The lowest BCUT2D eigenvalue weighted by atomic mass is 9.94. The van der Waals surface area contributed by atoms with E-state index in [1.165, 1.54) is 16.7 Å². The summed E-state index contributed by atoms with van der Waals surface area (Å²) in [7, 11) is 1.59. The van der Waals surface area contributed by atoms with Crippen LogP contribution in [-0.2, 0) is 18.0 Å². The standard InChI is InChI=1S/C30H34F3N7O3/c1-4-21-16-40(27-25-24(37(3)29(43)36-27)11-10-20(14-34)35-25)22(5-2)15-39(21)26(28(42)38-13-12-23(41)17-38)18-6-8-19(9-7-18)30(31,32)33/h6-11,21-23,26,41H,4-5,12-13,15-17H2,1-3H3/t21-,22+,23-,26?/m1/s1. The van der Waals surface area contributed by atoms with E-state index in [0.717, 1.165) is 12.1 Å². The predicted molar refractivity (Wildman–Crippen MR) is 153 cm³/mol. The number of hydrogen-bond donors (Lipinski definition) is 1. The molecule has 2 saturated heterocycles. The molecule has 4 atom stereocenters. The smallest absolute Gasteiger partial charge is 0.391 e. The molecule has 0 spiro atoms. The highest BCUT2D eigenvalue weighted by molar-refractivity contribution is 5.87. The number of aliphatic hydroxyl groups is 1. The van der Waals surface area contributed by atoms with Gasteiger partial charge in [-0.2, -0.15) is 23.4 Å². The number of pyridine rings is 1. The Morgan fingerprint density at radius 2 is 1.77 bits per heavy atom. The molecule has 2 aromatic heterocycles. The van der Waals surface area contributed by atoms with Gasteiger partial charge in [-0.15, -0.1) is 0 Å². The zero-order valence-corrected chi connectivity index (χ0v) is 24.3. The number of amides is 1. The van der Waals surface area contributed by atoms with Crippen LogP contribution >= 0.6 is 0 Å². The maximum absolute atomic E-state index is 14.0. The Hall–Kier alpha value is -4.02. The molecule has 0 bridgehead atoms. The Kier molecular flexibility index (Phi) is 8.45. The number of benzene rings is 1. The van der Waals surface area contributed by atoms with Crippen LogP contribution in [0.3, 0.4) is 0 Å². The van der Waals surface area contributed by atoms with Crippen LogP contribution in [-0.4, -0.2) is 79.7 Å². The summed E-state index contributed by atoms with van der Waals surface area (Å²) in [4.78, 5) is 41.4. The maximum Gasteiger partial charge on any atom is 0.416 e. The van der Waals surface area contributed by atoms with Crippen LogP contribution in [0.4, 0.5) is 19.0 Å². The lowest BCUT2D eigenvalue weighted by Gasteiger charge is -2.49. The Bertz CT molecular complexity index is 1600. The van der Waals surface area contributed by atoms with Crippen molar-refractivity contribution in [2.45, 2.75) is 63.5 Å². The van der Waals surface area contributed by atoms with Gasteiger partial charge in [-0.1, -0.05) is 26.0 Å². The molecule has 43 heavy (non-hydrogen) atoms. The molecule has 1 unspecified atom stereocenters. The maximum atomic E-state index is 14.0. The van der Waals surface area contributed by atoms with Crippen molar-refractivity contribution in [3.8, 4) is 6.07 Å². The Labute approximate surface area is 247 Å². The normalized spacial score (nSPS) is 22.1. The molecule has 2 fully saturated rings. The monoisotopic (exact) mass is 597 g/mol. The molecule has 0 radical (unpaired) electrons. The molecule has 4 heterocycles. The third-order valence-corrected chi connectivity index (χ3v) is 8.60.